The molecule has 0 aliphatic heterocycles. The van der Waals surface area contributed by atoms with Gasteiger partial charge in [0.1, 0.15) is 10.6 Å². The minimum atomic E-state index is -0.954. The Balaban J connectivity index is 1.91. The normalized spacial score (nSPS) is 10.1. The summed E-state index contributed by atoms with van der Waals surface area (Å²) < 4.78 is 5.10. The number of hydrogen-bond acceptors (Lipinski definition) is 4. The van der Waals surface area contributed by atoms with Crippen molar-refractivity contribution in [3.05, 3.63) is 51.7 Å². The number of aromatic carboxylic acids is 1. The number of carboxylic acids is 1. The molecule has 21 heavy (non-hydrogen) atoms. The summed E-state index contributed by atoms with van der Waals surface area (Å²) in [7, 11) is 1.52. The molecule has 1 amide bonds. The number of carboxylic acid groups (broad SMARTS) is 1. The van der Waals surface area contributed by atoms with Crippen molar-refractivity contribution in [1.82, 2.24) is 5.32 Å². The molecular weight excluding hydrogens is 290 g/mol. The zero-order chi connectivity index (χ0) is 15.2. The summed E-state index contributed by atoms with van der Waals surface area (Å²) in [6.45, 7) is 0.433. The predicted molar refractivity (Wildman–Crippen MR) is 80.3 cm³/mol. The van der Waals surface area contributed by atoms with E-state index in [1.54, 1.807) is 29.6 Å². The molecule has 5 nitrogen and oxygen atoms in total. The van der Waals surface area contributed by atoms with Crippen molar-refractivity contribution in [1.29, 1.82) is 0 Å². The second-order valence-electron chi connectivity index (χ2n) is 4.33. The highest BCUT2D eigenvalue weighted by atomic mass is 32.1. The van der Waals surface area contributed by atoms with Crippen LogP contribution in [0.15, 0.2) is 35.7 Å². The first-order valence-corrected chi connectivity index (χ1v) is 7.21. The highest BCUT2D eigenvalue weighted by Gasteiger charge is 2.13. The molecule has 0 fully saturated rings. The van der Waals surface area contributed by atoms with Crippen LogP contribution in [0.4, 0.5) is 0 Å². The van der Waals surface area contributed by atoms with Gasteiger partial charge in [0.15, 0.2) is 0 Å². The number of carbonyl (C=O) groups is 2. The molecule has 0 saturated carbocycles. The molecule has 2 rings (SSSR count). The number of amides is 1. The van der Waals surface area contributed by atoms with Crippen molar-refractivity contribution < 1.29 is 19.4 Å². The molecule has 0 atom stereocenters. The van der Waals surface area contributed by atoms with E-state index in [-0.39, 0.29) is 11.5 Å². The minimum Gasteiger partial charge on any atom is -0.495 e. The average molecular weight is 305 g/mol. The zero-order valence-electron chi connectivity index (χ0n) is 11.5. The maximum absolute atomic E-state index is 12.0. The Morgan fingerprint density at radius 2 is 2.14 bits per heavy atom. The Morgan fingerprint density at radius 1 is 1.33 bits per heavy atom. The maximum atomic E-state index is 12.0. The third kappa shape index (κ3) is 3.82. The van der Waals surface area contributed by atoms with Gasteiger partial charge < -0.3 is 15.2 Å². The van der Waals surface area contributed by atoms with Crippen LogP contribution in [0, 0.1) is 0 Å². The largest absolute Gasteiger partial charge is 0.495 e. The smallest absolute Gasteiger partial charge is 0.335 e. The fourth-order valence-electron chi connectivity index (χ4n) is 1.88. The van der Waals surface area contributed by atoms with Gasteiger partial charge in [-0.2, -0.15) is 0 Å². The van der Waals surface area contributed by atoms with Crippen LogP contribution in [0.25, 0.3) is 0 Å². The molecule has 1 aromatic heterocycles. The van der Waals surface area contributed by atoms with Gasteiger partial charge >= 0.3 is 5.97 Å². The van der Waals surface area contributed by atoms with E-state index in [9.17, 15) is 9.59 Å². The Bertz CT molecular complexity index is 651. The molecule has 2 aromatic rings. The van der Waals surface area contributed by atoms with E-state index >= 15 is 0 Å². The van der Waals surface area contributed by atoms with Gasteiger partial charge in [0.05, 0.1) is 12.7 Å². The summed E-state index contributed by atoms with van der Waals surface area (Å²) in [6.07, 6.45) is 0.570. The van der Waals surface area contributed by atoms with Crippen LogP contribution in [0.5, 0.6) is 5.75 Å². The topological polar surface area (TPSA) is 75.6 Å². The molecule has 110 valence electrons. The first-order valence-electron chi connectivity index (χ1n) is 6.33. The number of hydrogen-bond donors (Lipinski definition) is 2. The number of nitrogens with one attached hydrogen (secondary N) is 1. The van der Waals surface area contributed by atoms with Crippen LogP contribution < -0.4 is 10.1 Å². The Hall–Kier alpha value is -2.34. The molecule has 1 aromatic carbocycles. The van der Waals surface area contributed by atoms with Crippen molar-refractivity contribution in [2.24, 2.45) is 0 Å². The number of rotatable bonds is 6. The van der Waals surface area contributed by atoms with Gasteiger partial charge in [-0.1, -0.05) is 12.1 Å². The molecule has 0 bridgehead atoms. The summed E-state index contributed by atoms with van der Waals surface area (Å²) in [6, 6.07) is 8.43. The lowest BCUT2D eigenvalue weighted by atomic mass is 10.1. The number of ether oxygens (including phenoxy) is 1. The Kier molecular flexibility index (Phi) is 4.94. The van der Waals surface area contributed by atoms with Gasteiger partial charge in [-0.05, 0) is 35.6 Å². The van der Waals surface area contributed by atoms with E-state index in [2.05, 4.69) is 5.32 Å². The Labute approximate surface area is 126 Å². The number of methoxy groups -OCH3 is 1. The second-order valence-corrected chi connectivity index (χ2v) is 5.25. The van der Waals surface area contributed by atoms with Crippen LogP contribution in [0.1, 0.15) is 25.6 Å². The molecule has 2 N–H and O–H groups in total. The third-order valence-electron chi connectivity index (χ3n) is 2.93. The highest BCUT2D eigenvalue weighted by molar-refractivity contribution is 7.12. The van der Waals surface area contributed by atoms with Crippen molar-refractivity contribution in [3.8, 4) is 5.75 Å². The van der Waals surface area contributed by atoms with E-state index in [1.807, 2.05) is 6.07 Å². The minimum absolute atomic E-state index is 0.184. The molecule has 0 aliphatic rings. The fraction of sp³-hybridized carbons (Fsp3) is 0.200. The van der Waals surface area contributed by atoms with Crippen LogP contribution in [-0.2, 0) is 6.42 Å². The molecule has 0 radical (unpaired) electrons. The van der Waals surface area contributed by atoms with Gasteiger partial charge in [-0.25, -0.2) is 4.79 Å². The monoisotopic (exact) mass is 305 g/mol. The highest BCUT2D eigenvalue weighted by Crippen LogP contribution is 2.23. The van der Waals surface area contributed by atoms with Crippen LogP contribution >= 0.6 is 11.3 Å². The lowest BCUT2D eigenvalue weighted by Gasteiger charge is -2.06. The predicted octanol–water partition coefficient (Wildman–Crippen LogP) is 2.43. The zero-order valence-corrected chi connectivity index (χ0v) is 12.3. The second kappa shape index (κ2) is 6.90. The first-order chi connectivity index (χ1) is 10.1. The third-order valence-corrected chi connectivity index (χ3v) is 3.82. The number of thiophene rings is 1. The van der Waals surface area contributed by atoms with Crippen LogP contribution in [0.2, 0.25) is 0 Å². The van der Waals surface area contributed by atoms with Crippen molar-refractivity contribution in [2.45, 2.75) is 6.42 Å². The molecule has 0 spiro atoms. The van der Waals surface area contributed by atoms with Gasteiger partial charge in [0, 0.05) is 6.54 Å². The molecule has 1 heterocycles. The van der Waals surface area contributed by atoms with Crippen LogP contribution in [-0.4, -0.2) is 30.6 Å². The molecular formula is C15H15NO4S. The van der Waals surface area contributed by atoms with Crippen LogP contribution in [0.3, 0.4) is 0 Å². The summed E-state index contributed by atoms with van der Waals surface area (Å²) in [5.74, 6) is -0.578. The number of benzene rings is 1. The molecule has 0 unspecified atom stereocenters. The first kappa shape index (κ1) is 15.1. The van der Waals surface area contributed by atoms with Gasteiger partial charge in [-0.15, -0.1) is 11.3 Å². The maximum Gasteiger partial charge on any atom is 0.335 e. The van der Waals surface area contributed by atoms with Gasteiger partial charge in [-0.3, -0.25) is 4.79 Å². The molecule has 0 saturated heterocycles. The summed E-state index contributed by atoms with van der Waals surface area (Å²) in [5.41, 5.74) is 1.12. The summed E-state index contributed by atoms with van der Waals surface area (Å²) in [4.78, 5) is 23.4. The van der Waals surface area contributed by atoms with E-state index in [0.717, 1.165) is 5.56 Å². The van der Waals surface area contributed by atoms with E-state index < -0.39 is 5.97 Å². The van der Waals surface area contributed by atoms with E-state index in [1.165, 1.54) is 18.4 Å². The lowest BCUT2D eigenvalue weighted by Crippen LogP contribution is -2.25. The van der Waals surface area contributed by atoms with Crippen molar-refractivity contribution >= 4 is 23.2 Å². The van der Waals surface area contributed by atoms with Gasteiger partial charge in [0.25, 0.3) is 5.91 Å². The quantitative estimate of drug-likeness (QED) is 0.859. The van der Waals surface area contributed by atoms with Crippen molar-refractivity contribution in [3.63, 3.8) is 0 Å². The summed E-state index contributed by atoms with van der Waals surface area (Å²) >= 11 is 1.32. The van der Waals surface area contributed by atoms with E-state index in [0.29, 0.717) is 23.6 Å². The van der Waals surface area contributed by atoms with Crippen molar-refractivity contribution in [2.75, 3.05) is 13.7 Å². The number of carbonyl (C=O) groups excluding carboxylic acids is 1. The summed E-state index contributed by atoms with van der Waals surface area (Å²) in [5, 5.41) is 13.5. The molecule has 0 aliphatic carbocycles. The average Bonchev–Trinajstić information content (AvgIpc) is 2.96. The lowest BCUT2D eigenvalue weighted by molar-refractivity contribution is 0.0696. The van der Waals surface area contributed by atoms with Gasteiger partial charge in [0.2, 0.25) is 0 Å². The van der Waals surface area contributed by atoms with E-state index in [4.69, 9.17) is 9.84 Å². The standard InChI is InChI=1S/C15H15NO4S/c1-20-12-6-8-21-13(12)14(17)16-7-5-10-3-2-4-11(9-10)15(18)19/h2-4,6,8-9H,5,7H2,1H3,(H,16,17)(H,18,19). The SMILES string of the molecule is COc1ccsc1C(=O)NCCc1cccc(C(=O)O)c1. The molecule has 6 heteroatoms. The fourth-order valence-corrected chi connectivity index (χ4v) is 2.66. The Morgan fingerprint density at radius 3 is 2.86 bits per heavy atom.